The van der Waals surface area contributed by atoms with Gasteiger partial charge in [0.1, 0.15) is 5.82 Å². The first-order valence-corrected chi connectivity index (χ1v) is 11.7. The average molecular weight is 483 g/mol. The van der Waals surface area contributed by atoms with Gasteiger partial charge in [-0.2, -0.15) is 13.2 Å². The van der Waals surface area contributed by atoms with E-state index < -0.39 is 17.6 Å². The number of hydrogen-bond acceptors (Lipinski definition) is 6. The number of rotatable bonds is 8. The minimum Gasteiger partial charge on any atom is -0.370 e. The second kappa shape index (κ2) is 9.62. The van der Waals surface area contributed by atoms with Crippen molar-refractivity contribution in [2.75, 3.05) is 36.8 Å². The summed E-state index contributed by atoms with van der Waals surface area (Å²) in [6.07, 6.45) is -2.14. The van der Waals surface area contributed by atoms with E-state index >= 15 is 0 Å². The van der Waals surface area contributed by atoms with Crippen molar-refractivity contribution in [3.8, 4) is 0 Å². The second-order valence-electron chi connectivity index (χ2n) is 8.19. The molecule has 0 bridgehead atoms. The Hall–Kier alpha value is -2.76. The van der Waals surface area contributed by atoms with Crippen molar-refractivity contribution < 1.29 is 22.8 Å². The molecule has 0 radical (unpaired) electrons. The molecule has 1 aromatic carbocycles. The Bertz CT molecular complexity index is 1020. The molecule has 1 saturated heterocycles. The van der Waals surface area contributed by atoms with Crippen LogP contribution in [0.5, 0.6) is 0 Å². The summed E-state index contributed by atoms with van der Waals surface area (Å²) in [4.78, 5) is 27.5. The van der Waals surface area contributed by atoms with E-state index in [9.17, 15) is 22.8 Å². The molecule has 2 aliphatic rings. The van der Waals surface area contributed by atoms with Crippen LogP contribution in [0.2, 0.25) is 0 Å². The van der Waals surface area contributed by atoms with Crippen LogP contribution in [0.4, 0.5) is 18.9 Å². The molecule has 1 saturated carbocycles. The molecule has 2 heterocycles. The number of carbonyl (C=O) groups excluding carboxylic acids is 2. The van der Waals surface area contributed by atoms with Crippen LogP contribution >= 0.6 is 11.8 Å². The van der Waals surface area contributed by atoms with Crippen LogP contribution in [0, 0.1) is 0 Å². The highest BCUT2D eigenvalue weighted by Gasteiger charge is 2.32. The first-order chi connectivity index (χ1) is 15.7. The van der Waals surface area contributed by atoms with Gasteiger partial charge in [-0.15, -0.1) is 10.2 Å². The first-order valence-electron chi connectivity index (χ1n) is 10.8. The lowest BCUT2D eigenvalue weighted by Gasteiger charge is -2.36. The fourth-order valence-electron chi connectivity index (χ4n) is 3.79. The number of alkyl halides is 3. The smallest absolute Gasteiger partial charge is 0.370 e. The molecule has 2 N–H and O–H groups in total. The molecule has 1 aliphatic carbocycles. The van der Waals surface area contributed by atoms with Crippen LogP contribution in [-0.2, 0) is 22.3 Å². The van der Waals surface area contributed by atoms with Gasteiger partial charge in [0.15, 0.2) is 5.16 Å². The first kappa shape index (κ1) is 23.4. The van der Waals surface area contributed by atoms with Crippen molar-refractivity contribution in [3.05, 3.63) is 35.7 Å². The van der Waals surface area contributed by atoms with E-state index in [4.69, 9.17) is 5.73 Å². The Morgan fingerprint density at radius 2 is 1.85 bits per heavy atom. The van der Waals surface area contributed by atoms with E-state index in [2.05, 4.69) is 10.2 Å². The maximum atomic E-state index is 13.0. The summed E-state index contributed by atoms with van der Waals surface area (Å²) in [6.45, 7) is 2.16. The van der Waals surface area contributed by atoms with Gasteiger partial charge in [0.25, 0.3) is 0 Å². The van der Waals surface area contributed by atoms with E-state index in [-0.39, 0.29) is 18.1 Å². The number of halogens is 3. The lowest BCUT2D eigenvalue weighted by atomic mass is 10.1. The molecule has 8 nitrogen and oxygen atoms in total. The minimum atomic E-state index is -4.39. The molecule has 12 heteroatoms. The summed E-state index contributed by atoms with van der Waals surface area (Å²) in [5.41, 5.74) is 5.10. The largest absolute Gasteiger partial charge is 0.416 e. The summed E-state index contributed by atoms with van der Waals surface area (Å²) in [7, 11) is 0. The average Bonchev–Trinajstić information content (AvgIpc) is 3.55. The van der Waals surface area contributed by atoms with Gasteiger partial charge in [0.2, 0.25) is 11.8 Å². The fraction of sp³-hybridized carbons (Fsp3) is 0.524. The van der Waals surface area contributed by atoms with Gasteiger partial charge in [0, 0.05) is 50.7 Å². The van der Waals surface area contributed by atoms with E-state index in [0.717, 1.165) is 30.8 Å². The van der Waals surface area contributed by atoms with Crippen LogP contribution in [0.15, 0.2) is 29.4 Å². The molecule has 178 valence electrons. The van der Waals surface area contributed by atoms with E-state index in [0.29, 0.717) is 49.5 Å². The predicted molar refractivity (Wildman–Crippen MR) is 117 cm³/mol. The van der Waals surface area contributed by atoms with Crippen LogP contribution in [0.25, 0.3) is 0 Å². The third-order valence-electron chi connectivity index (χ3n) is 5.77. The number of carbonyl (C=O) groups is 2. The zero-order valence-electron chi connectivity index (χ0n) is 17.9. The monoisotopic (exact) mass is 482 g/mol. The Labute approximate surface area is 193 Å². The van der Waals surface area contributed by atoms with Gasteiger partial charge in [-0.25, -0.2) is 0 Å². The lowest BCUT2D eigenvalue weighted by Crippen LogP contribution is -2.49. The second-order valence-corrected chi connectivity index (χ2v) is 9.13. The maximum Gasteiger partial charge on any atom is 0.416 e. The fourth-order valence-corrected chi connectivity index (χ4v) is 4.67. The molecule has 1 aliphatic heterocycles. The summed E-state index contributed by atoms with van der Waals surface area (Å²) in [6, 6.07) is 5.25. The van der Waals surface area contributed by atoms with E-state index in [1.807, 2.05) is 9.47 Å². The molecule has 4 rings (SSSR count). The molecule has 2 amide bonds. The number of hydrogen-bond donors (Lipinski definition) is 1. The SMILES string of the molecule is NC(=O)CCn1c(SCC(=O)N2CCN(c3cccc(C(F)(F)F)c3)CC2)nnc1C1CC1. The lowest BCUT2D eigenvalue weighted by molar-refractivity contribution is -0.137. The van der Waals surface area contributed by atoms with E-state index in [1.54, 1.807) is 11.0 Å². The molecule has 1 aromatic heterocycles. The minimum absolute atomic E-state index is 0.0684. The topological polar surface area (TPSA) is 97.3 Å². The zero-order valence-corrected chi connectivity index (χ0v) is 18.7. The summed E-state index contributed by atoms with van der Waals surface area (Å²) in [5, 5.41) is 9.04. The highest BCUT2D eigenvalue weighted by atomic mass is 32.2. The third kappa shape index (κ3) is 5.79. The predicted octanol–water partition coefficient (Wildman–Crippen LogP) is 2.49. The maximum absolute atomic E-state index is 13.0. The number of piperazine rings is 1. The summed E-state index contributed by atoms with van der Waals surface area (Å²) >= 11 is 1.28. The van der Waals surface area contributed by atoms with Crippen molar-refractivity contribution in [1.29, 1.82) is 0 Å². The van der Waals surface area contributed by atoms with E-state index in [1.165, 1.54) is 17.8 Å². The molecule has 0 unspecified atom stereocenters. The zero-order chi connectivity index (χ0) is 23.6. The van der Waals surface area contributed by atoms with Gasteiger partial charge < -0.3 is 20.1 Å². The Kier molecular flexibility index (Phi) is 6.82. The summed E-state index contributed by atoms with van der Waals surface area (Å²) in [5.74, 6) is 0.876. The summed E-state index contributed by atoms with van der Waals surface area (Å²) < 4.78 is 40.8. The van der Waals surface area contributed by atoms with Crippen molar-refractivity contribution in [2.45, 2.75) is 43.1 Å². The Balaban J connectivity index is 1.32. The third-order valence-corrected chi connectivity index (χ3v) is 6.72. The van der Waals surface area contributed by atoms with Gasteiger partial charge in [0.05, 0.1) is 11.3 Å². The highest BCUT2D eigenvalue weighted by molar-refractivity contribution is 7.99. The number of nitrogens with two attached hydrogens (primary N) is 1. The van der Waals surface area contributed by atoms with Crippen LogP contribution in [-0.4, -0.2) is 63.4 Å². The van der Waals surface area contributed by atoms with Crippen molar-refractivity contribution in [1.82, 2.24) is 19.7 Å². The number of amides is 2. The number of anilines is 1. The molecule has 2 aromatic rings. The quantitative estimate of drug-likeness (QED) is 0.581. The molecule has 2 fully saturated rings. The number of benzene rings is 1. The number of nitrogens with zero attached hydrogens (tertiary/aromatic N) is 5. The van der Waals surface area contributed by atoms with Gasteiger partial charge in [-0.05, 0) is 31.0 Å². The number of aromatic nitrogens is 3. The van der Waals surface area contributed by atoms with Crippen molar-refractivity contribution in [2.24, 2.45) is 5.73 Å². The molecule has 0 atom stereocenters. The van der Waals surface area contributed by atoms with Crippen molar-refractivity contribution in [3.63, 3.8) is 0 Å². The molecule has 33 heavy (non-hydrogen) atoms. The van der Waals surface area contributed by atoms with Gasteiger partial charge >= 0.3 is 6.18 Å². The van der Waals surface area contributed by atoms with Gasteiger partial charge in [-0.3, -0.25) is 9.59 Å². The highest BCUT2D eigenvalue weighted by Crippen LogP contribution is 2.40. The molecule has 0 spiro atoms. The Morgan fingerprint density at radius 3 is 2.48 bits per heavy atom. The van der Waals surface area contributed by atoms with Gasteiger partial charge in [-0.1, -0.05) is 17.8 Å². The van der Waals surface area contributed by atoms with Crippen molar-refractivity contribution >= 4 is 29.3 Å². The molecular formula is C21H25F3N6O2S. The van der Waals surface area contributed by atoms with Crippen LogP contribution < -0.4 is 10.6 Å². The molecular weight excluding hydrogens is 457 g/mol. The normalized spacial score (nSPS) is 16.8. The number of thioether (sulfide) groups is 1. The number of primary amides is 1. The standard InChI is InChI=1S/C21H25F3N6O2S/c22-21(23,24)15-2-1-3-16(12-15)28-8-10-29(11-9-28)18(32)13-33-20-27-26-19(14-4-5-14)30(20)7-6-17(25)31/h1-3,12,14H,4-11,13H2,(H2,25,31). The van der Waals surface area contributed by atoms with Crippen LogP contribution in [0.3, 0.4) is 0 Å². The van der Waals surface area contributed by atoms with Crippen LogP contribution in [0.1, 0.15) is 36.6 Å². The Morgan fingerprint density at radius 1 is 1.12 bits per heavy atom.